The van der Waals surface area contributed by atoms with Gasteiger partial charge >= 0.3 is 0 Å². The van der Waals surface area contributed by atoms with E-state index in [1.807, 2.05) is 18.2 Å². The lowest BCUT2D eigenvalue weighted by Crippen LogP contribution is -2.28. The number of rotatable bonds is 4. The molecule has 0 atom stereocenters. The number of imide groups is 1. The molecule has 2 aromatic rings. The Labute approximate surface area is 133 Å². The number of aromatic hydroxyl groups is 1. The molecule has 6 nitrogen and oxygen atoms in total. The highest BCUT2D eigenvalue weighted by Crippen LogP contribution is 2.28. The molecule has 3 N–H and O–H groups in total. The quantitative estimate of drug-likeness (QED) is 0.595. The molecular weight excluding hydrogens is 294 g/mol. The van der Waals surface area contributed by atoms with Crippen molar-refractivity contribution in [3.05, 3.63) is 66.0 Å². The van der Waals surface area contributed by atoms with Crippen LogP contribution in [0.5, 0.6) is 5.75 Å². The normalized spacial score (nSPS) is 14.4. The van der Waals surface area contributed by atoms with Gasteiger partial charge in [0.15, 0.2) is 0 Å². The summed E-state index contributed by atoms with van der Waals surface area (Å²) in [6.07, 6.45) is 0. The van der Waals surface area contributed by atoms with E-state index in [0.717, 1.165) is 4.90 Å². The highest BCUT2D eigenvalue weighted by molar-refractivity contribution is 6.21. The first kappa shape index (κ1) is 14.6. The summed E-state index contributed by atoms with van der Waals surface area (Å²) < 4.78 is 0. The molecule has 0 bridgehead atoms. The van der Waals surface area contributed by atoms with Gasteiger partial charge in [0.1, 0.15) is 17.1 Å². The summed E-state index contributed by atoms with van der Waals surface area (Å²) in [5.41, 5.74) is 1.29. The minimum atomic E-state index is -0.461. The number of phenols is 1. The first-order valence-electron chi connectivity index (χ1n) is 7.01. The third-order valence-electron chi connectivity index (χ3n) is 3.49. The second kappa shape index (κ2) is 5.84. The fraction of sp³-hybridized carbons (Fsp3) is 0.0588. The van der Waals surface area contributed by atoms with Gasteiger partial charge in [0.25, 0.3) is 11.8 Å². The van der Waals surface area contributed by atoms with Crippen LogP contribution in [0.25, 0.3) is 0 Å². The van der Waals surface area contributed by atoms with Crippen LogP contribution in [0.15, 0.2) is 66.0 Å². The summed E-state index contributed by atoms with van der Waals surface area (Å²) in [5, 5.41) is 15.7. The van der Waals surface area contributed by atoms with Crippen LogP contribution in [-0.4, -0.2) is 28.9 Å². The highest BCUT2D eigenvalue weighted by atomic mass is 16.3. The third-order valence-corrected chi connectivity index (χ3v) is 3.49. The van der Waals surface area contributed by atoms with Crippen LogP contribution >= 0.6 is 0 Å². The molecule has 2 amide bonds. The lowest BCUT2D eigenvalue weighted by molar-refractivity contribution is -0.135. The summed E-state index contributed by atoms with van der Waals surface area (Å²) >= 11 is 0. The van der Waals surface area contributed by atoms with E-state index in [1.165, 1.54) is 13.1 Å². The van der Waals surface area contributed by atoms with Gasteiger partial charge < -0.3 is 15.7 Å². The molecule has 2 aromatic carbocycles. The number of likely N-dealkylation sites (N-methyl/N-ethyl adjacent to an activating group) is 1. The van der Waals surface area contributed by atoms with Gasteiger partial charge in [0, 0.05) is 12.7 Å². The van der Waals surface area contributed by atoms with Gasteiger partial charge in [-0.3, -0.25) is 14.5 Å². The molecule has 0 fully saturated rings. The maximum absolute atomic E-state index is 12.3. The molecule has 1 aliphatic rings. The lowest BCUT2D eigenvalue weighted by atomic mass is 10.2. The Kier molecular flexibility index (Phi) is 3.72. The Morgan fingerprint density at radius 1 is 0.826 bits per heavy atom. The minimum absolute atomic E-state index is 0.00568. The van der Waals surface area contributed by atoms with Gasteiger partial charge in [-0.1, -0.05) is 30.3 Å². The molecule has 0 unspecified atom stereocenters. The zero-order chi connectivity index (χ0) is 16.4. The van der Waals surface area contributed by atoms with Crippen molar-refractivity contribution in [2.24, 2.45) is 0 Å². The molecule has 6 heteroatoms. The van der Waals surface area contributed by atoms with E-state index in [-0.39, 0.29) is 17.1 Å². The van der Waals surface area contributed by atoms with Crippen molar-refractivity contribution in [1.82, 2.24) is 4.90 Å². The number of phenolic OH excluding ortho intramolecular Hbond substituents is 1. The fourth-order valence-corrected chi connectivity index (χ4v) is 2.25. The molecule has 0 aliphatic carbocycles. The van der Waals surface area contributed by atoms with Gasteiger partial charge in [-0.2, -0.15) is 0 Å². The number of nitrogens with one attached hydrogen (secondary N) is 2. The van der Waals surface area contributed by atoms with E-state index in [9.17, 15) is 14.7 Å². The topological polar surface area (TPSA) is 81.7 Å². The average molecular weight is 309 g/mol. The van der Waals surface area contributed by atoms with Crippen molar-refractivity contribution >= 4 is 23.2 Å². The Morgan fingerprint density at radius 2 is 1.39 bits per heavy atom. The molecule has 0 saturated carbocycles. The second-order valence-electron chi connectivity index (χ2n) is 5.05. The van der Waals surface area contributed by atoms with Gasteiger partial charge in [-0.05, 0) is 24.3 Å². The molecule has 0 aromatic heterocycles. The predicted octanol–water partition coefficient (Wildman–Crippen LogP) is 2.13. The van der Waals surface area contributed by atoms with Gasteiger partial charge in [-0.25, -0.2) is 0 Å². The molecule has 0 spiro atoms. The Hall–Kier alpha value is -3.28. The number of anilines is 2. The fourth-order valence-electron chi connectivity index (χ4n) is 2.25. The van der Waals surface area contributed by atoms with Crippen molar-refractivity contribution in [1.29, 1.82) is 0 Å². The Morgan fingerprint density at radius 3 is 2.04 bits per heavy atom. The van der Waals surface area contributed by atoms with Crippen LogP contribution in [0.4, 0.5) is 11.4 Å². The van der Waals surface area contributed by atoms with Gasteiger partial charge in [-0.15, -0.1) is 0 Å². The number of carbonyl (C=O) groups is 2. The summed E-state index contributed by atoms with van der Waals surface area (Å²) in [6.45, 7) is 0. The van der Waals surface area contributed by atoms with Crippen molar-refractivity contribution in [2.45, 2.75) is 0 Å². The van der Waals surface area contributed by atoms with Crippen LogP contribution in [0.1, 0.15) is 0 Å². The number of nitrogens with zero attached hydrogens (tertiary/aromatic N) is 1. The molecular formula is C17H15N3O3. The van der Waals surface area contributed by atoms with Crippen LogP contribution in [-0.2, 0) is 9.59 Å². The highest BCUT2D eigenvalue weighted by Gasteiger charge is 2.36. The number of benzene rings is 2. The van der Waals surface area contributed by atoms with E-state index in [1.54, 1.807) is 30.3 Å². The SMILES string of the molecule is CN1C(=O)C(Nc2ccccc2)=C(Nc2ccccc2O)C1=O. The summed E-state index contributed by atoms with van der Waals surface area (Å²) in [7, 11) is 1.41. The monoisotopic (exact) mass is 309 g/mol. The van der Waals surface area contributed by atoms with Crippen LogP contribution < -0.4 is 10.6 Å². The summed E-state index contributed by atoms with van der Waals surface area (Å²) in [4.78, 5) is 25.6. The van der Waals surface area contributed by atoms with E-state index in [4.69, 9.17) is 0 Å². The number of para-hydroxylation sites is 3. The first-order valence-corrected chi connectivity index (χ1v) is 7.01. The number of hydrogen-bond acceptors (Lipinski definition) is 5. The molecule has 0 radical (unpaired) electrons. The summed E-state index contributed by atoms with van der Waals surface area (Å²) in [6, 6.07) is 15.6. The molecule has 116 valence electrons. The Balaban J connectivity index is 1.99. The smallest absolute Gasteiger partial charge is 0.279 e. The third kappa shape index (κ3) is 2.74. The van der Waals surface area contributed by atoms with Gasteiger partial charge in [0.2, 0.25) is 0 Å². The minimum Gasteiger partial charge on any atom is -0.506 e. The lowest BCUT2D eigenvalue weighted by Gasteiger charge is -2.10. The molecule has 0 saturated heterocycles. The molecule has 23 heavy (non-hydrogen) atoms. The first-order chi connectivity index (χ1) is 11.1. The number of carbonyl (C=O) groups excluding carboxylic acids is 2. The van der Waals surface area contributed by atoms with Crippen LogP contribution in [0.2, 0.25) is 0 Å². The zero-order valence-electron chi connectivity index (χ0n) is 12.4. The van der Waals surface area contributed by atoms with Crippen molar-refractivity contribution in [2.75, 3.05) is 17.7 Å². The second-order valence-corrected chi connectivity index (χ2v) is 5.05. The van der Waals surface area contributed by atoms with Gasteiger partial charge in [0.05, 0.1) is 5.69 Å². The van der Waals surface area contributed by atoms with E-state index in [0.29, 0.717) is 11.4 Å². The van der Waals surface area contributed by atoms with Crippen molar-refractivity contribution in [3.63, 3.8) is 0 Å². The maximum Gasteiger partial charge on any atom is 0.279 e. The van der Waals surface area contributed by atoms with Crippen molar-refractivity contribution < 1.29 is 14.7 Å². The van der Waals surface area contributed by atoms with E-state index >= 15 is 0 Å². The number of amides is 2. The van der Waals surface area contributed by atoms with E-state index in [2.05, 4.69) is 10.6 Å². The Bertz CT molecular complexity index is 800. The average Bonchev–Trinajstić information content (AvgIpc) is 2.76. The molecule has 3 rings (SSSR count). The maximum atomic E-state index is 12.3. The van der Waals surface area contributed by atoms with E-state index < -0.39 is 11.8 Å². The number of hydrogen-bond donors (Lipinski definition) is 3. The predicted molar refractivity (Wildman–Crippen MR) is 86.6 cm³/mol. The van der Waals surface area contributed by atoms with Crippen LogP contribution in [0.3, 0.4) is 0 Å². The van der Waals surface area contributed by atoms with Crippen molar-refractivity contribution in [3.8, 4) is 5.75 Å². The standard InChI is InChI=1S/C17H15N3O3/c1-20-16(22)14(18-11-7-3-2-4-8-11)15(17(20)23)19-12-9-5-6-10-13(12)21/h2-10,18-19,21H,1H3. The van der Waals surface area contributed by atoms with Crippen LogP contribution in [0, 0.1) is 0 Å². The molecule has 1 aliphatic heterocycles. The summed E-state index contributed by atoms with van der Waals surface area (Å²) in [5.74, 6) is -0.901. The largest absolute Gasteiger partial charge is 0.506 e. The zero-order valence-corrected chi connectivity index (χ0v) is 12.4. The molecule has 1 heterocycles.